The van der Waals surface area contributed by atoms with E-state index in [1.54, 1.807) is 0 Å². The zero-order chi connectivity index (χ0) is 9.97. The molecule has 0 amide bonds. The van der Waals surface area contributed by atoms with E-state index in [0.29, 0.717) is 5.96 Å². The summed E-state index contributed by atoms with van der Waals surface area (Å²) in [6.45, 7) is 2.00. The van der Waals surface area contributed by atoms with Gasteiger partial charge in [-0.1, -0.05) is 18.2 Å². The summed E-state index contributed by atoms with van der Waals surface area (Å²) < 4.78 is 0. The smallest absolute Gasteiger partial charge is 0.209 e. The van der Waals surface area contributed by atoms with Crippen molar-refractivity contribution in [2.45, 2.75) is 13.0 Å². The molecule has 0 radical (unpaired) electrons. The number of fused-ring (bicyclic) bond motifs is 1. The van der Waals surface area contributed by atoms with Crippen molar-refractivity contribution in [2.24, 2.45) is 4.99 Å². The Labute approximate surface area is 82.3 Å². The number of anilines is 1. The summed E-state index contributed by atoms with van der Waals surface area (Å²) in [4.78, 5) is 4.29. The number of hydrogen-bond donors (Lipinski definition) is 2. The van der Waals surface area contributed by atoms with Crippen LogP contribution in [0.5, 0.6) is 0 Å². The summed E-state index contributed by atoms with van der Waals surface area (Å²) >= 11 is 0. The summed E-state index contributed by atoms with van der Waals surface area (Å²) in [6.07, 6.45) is 1.85. The van der Waals surface area contributed by atoms with Gasteiger partial charge in [0.05, 0.1) is 6.04 Å². The number of guanidine groups is 1. The predicted molar refractivity (Wildman–Crippen MR) is 54.7 cm³/mol. The summed E-state index contributed by atoms with van der Waals surface area (Å²) in [5, 5.41) is 14.0. The standard InChI is InChI=1S/C10H10N4/c1-7-8-4-2-3-5-9(8)14-10(13-7)12-6-11/h2-5,7H,1H3,(H2,12,13,14)/t7-/m1/s1. The van der Waals surface area contributed by atoms with E-state index in [0.717, 1.165) is 11.3 Å². The highest BCUT2D eigenvalue weighted by Gasteiger charge is 2.16. The van der Waals surface area contributed by atoms with Gasteiger partial charge in [0.1, 0.15) is 0 Å². The highest BCUT2D eigenvalue weighted by molar-refractivity contribution is 5.97. The number of nitriles is 1. The fourth-order valence-corrected chi connectivity index (χ4v) is 1.51. The molecule has 1 aromatic rings. The largest absolute Gasteiger partial charge is 0.325 e. The number of nitrogens with one attached hydrogen (secondary N) is 2. The molecule has 70 valence electrons. The maximum absolute atomic E-state index is 8.47. The summed E-state index contributed by atoms with van der Waals surface area (Å²) in [5.41, 5.74) is 2.16. The van der Waals surface area contributed by atoms with E-state index in [9.17, 15) is 0 Å². The van der Waals surface area contributed by atoms with E-state index in [4.69, 9.17) is 5.26 Å². The lowest BCUT2D eigenvalue weighted by Crippen LogP contribution is -2.30. The third-order valence-corrected chi connectivity index (χ3v) is 2.16. The van der Waals surface area contributed by atoms with Gasteiger partial charge in [-0.15, -0.1) is 0 Å². The number of aliphatic imine (C=N–C) groups is 1. The van der Waals surface area contributed by atoms with Crippen LogP contribution in [0.2, 0.25) is 0 Å². The predicted octanol–water partition coefficient (Wildman–Crippen LogP) is 1.60. The van der Waals surface area contributed by atoms with Gasteiger partial charge in [-0.25, -0.2) is 4.99 Å². The van der Waals surface area contributed by atoms with Crippen molar-refractivity contribution in [3.8, 4) is 6.19 Å². The third-order valence-electron chi connectivity index (χ3n) is 2.16. The molecular weight excluding hydrogens is 176 g/mol. The number of rotatable bonds is 0. The Balaban J connectivity index is 2.34. The first kappa shape index (κ1) is 8.57. The maximum atomic E-state index is 8.47. The van der Waals surface area contributed by atoms with Gasteiger partial charge < -0.3 is 5.32 Å². The lowest BCUT2D eigenvalue weighted by Gasteiger charge is -2.21. The number of nitrogens with zero attached hydrogens (tertiary/aromatic N) is 2. The molecule has 1 aliphatic heterocycles. The summed E-state index contributed by atoms with van der Waals surface area (Å²) in [7, 11) is 0. The van der Waals surface area contributed by atoms with E-state index in [2.05, 4.69) is 15.6 Å². The third kappa shape index (κ3) is 1.40. The first-order valence-corrected chi connectivity index (χ1v) is 4.40. The first-order chi connectivity index (χ1) is 6.81. The van der Waals surface area contributed by atoms with Gasteiger partial charge in [-0.3, -0.25) is 5.32 Å². The van der Waals surface area contributed by atoms with Crippen LogP contribution in [0, 0.1) is 11.5 Å². The molecule has 0 aromatic heterocycles. The first-order valence-electron chi connectivity index (χ1n) is 4.40. The van der Waals surface area contributed by atoms with Gasteiger partial charge in [0, 0.05) is 5.69 Å². The maximum Gasteiger partial charge on any atom is 0.209 e. The fourth-order valence-electron chi connectivity index (χ4n) is 1.51. The Kier molecular flexibility index (Phi) is 2.07. The quantitative estimate of drug-likeness (QED) is 0.478. The van der Waals surface area contributed by atoms with Crippen molar-refractivity contribution < 1.29 is 0 Å². The minimum atomic E-state index is 0.0864. The zero-order valence-corrected chi connectivity index (χ0v) is 7.78. The van der Waals surface area contributed by atoms with Crippen LogP contribution in [0.4, 0.5) is 5.69 Å². The topological polar surface area (TPSA) is 60.2 Å². The van der Waals surface area contributed by atoms with Crippen LogP contribution in [-0.2, 0) is 0 Å². The van der Waals surface area contributed by atoms with E-state index in [1.807, 2.05) is 37.4 Å². The van der Waals surface area contributed by atoms with Crippen molar-refractivity contribution in [1.29, 1.82) is 5.26 Å². The van der Waals surface area contributed by atoms with E-state index >= 15 is 0 Å². The van der Waals surface area contributed by atoms with Crippen LogP contribution in [0.3, 0.4) is 0 Å². The van der Waals surface area contributed by atoms with Crippen LogP contribution in [0.1, 0.15) is 18.5 Å². The van der Waals surface area contributed by atoms with Gasteiger partial charge in [0.25, 0.3) is 0 Å². The second kappa shape index (κ2) is 3.38. The molecule has 4 nitrogen and oxygen atoms in total. The van der Waals surface area contributed by atoms with Crippen molar-refractivity contribution in [3.05, 3.63) is 29.8 Å². The lowest BCUT2D eigenvalue weighted by molar-refractivity contribution is 0.804. The Bertz CT molecular complexity index is 416. The molecule has 1 atom stereocenters. The molecule has 1 heterocycles. The lowest BCUT2D eigenvalue weighted by atomic mass is 10.1. The van der Waals surface area contributed by atoms with Crippen LogP contribution in [0.15, 0.2) is 29.3 Å². The second-order valence-electron chi connectivity index (χ2n) is 3.10. The normalized spacial score (nSPS) is 18.6. The van der Waals surface area contributed by atoms with Crippen LogP contribution < -0.4 is 10.6 Å². The molecule has 0 spiro atoms. The molecule has 1 aromatic carbocycles. The van der Waals surface area contributed by atoms with Gasteiger partial charge in [0.15, 0.2) is 6.19 Å². The van der Waals surface area contributed by atoms with Gasteiger partial charge in [-0.05, 0) is 18.6 Å². The number of benzene rings is 1. The second-order valence-corrected chi connectivity index (χ2v) is 3.10. The van der Waals surface area contributed by atoms with Crippen molar-refractivity contribution >= 4 is 11.6 Å². The van der Waals surface area contributed by atoms with Crippen LogP contribution in [0.25, 0.3) is 0 Å². The number of para-hydroxylation sites is 1. The Hall–Kier alpha value is -2.02. The average Bonchev–Trinajstić information content (AvgIpc) is 2.18. The molecule has 1 aliphatic rings. The van der Waals surface area contributed by atoms with Gasteiger partial charge in [0.2, 0.25) is 5.96 Å². The van der Waals surface area contributed by atoms with Crippen molar-refractivity contribution in [3.63, 3.8) is 0 Å². The van der Waals surface area contributed by atoms with E-state index in [-0.39, 0.29) is 6.04 Å². The molecule has 4 heteroatoms. The Morgan fingerprint density at radius 1 is 1.50 bits per heavy atom. The molecule has 2 N–H and O–H groups in total. The monoisotopic (exact) mass is 186 g/mol. The number of hydrogen-bond acceptors (Lipinski definition) is 4. The minimum absolute atomic E-state index is 0.0864. The molecule has 0 unspecified atom stereocenters. The van der Waals surface area contributed by atoms with E-state index in [1.165, 1.54) is 0 Å². The molecule has 14 heavy (non-hydrogen) atoms. The Morgan fingerprint density at radius 3 is 3.07 bits per heavy atom. The molecule has 0 saturated carbocycles. The van der Waals surface area contributed by atoms with Crippen LogP contribution in [-0.4, -0.2) is 5.96 Å². The molecule has 2 rings (SSSR count). The SMILES string of the molecule is C[C@H]1N=C(NC#N)Nc2ccccc21. The van der Waals surface area contributed by atoms with Gasteiger partial charge >= 0.3 is 0 Å². The fraction of sp³-hybridized carbons (Fsp3) is 0.200. The molecule has 0 bridgehead atoms. The highest BCUT2D eigenvalue weighted by Crippen LogP contribution is 2.28. The summed E-state index contributed by atoms with van der Waals surface area (Å²) in [6, 6.07) is 8.02. The summed E-state index contributed by atoms with van der Waals surface area (Å²) in [5.74, 6) is 0.513. The molecular formula is C10H10N4. The zero-order valence-electron chi connectivity index (χ0n) is 7.78. The van der Waals surface area contributed by atoms with Gasteiger partial charge in [-0.2, -0.15) is 5.26 Å². The van der Waals surface area contributed by atoms with Crippen molar-refractivity contribution in [1.82, 2.24) is 5.32 Å². The molecule has 0 aliphatic carbocycles. The average molecular weight is 186 g/mol. The van der Waals surface area contributed by atoms with Crippen LogP contribution >= 0.6 is 0 Å². The molecule has 0 saturated heterocycles. The molecule has 0 fully saturated rings. The highest BCUT2D eigenvalue weighted by atomic mass is 15.2. The van der Waals surface area contributed by atoms with Crippen molar-refractivity contribution in [2.75, 3.05) is 5.32 Å². The minimum Gasteiger partial charge on any atom is -0.325 e. The Morgan fingerprint density at radius 2 is 2.29 bits per heavy atom. The van der Waals surface area contributed by atoms with E-state index < -0.39 is 0 Å².